The summed E-state index contributed by atoms with van der Waals surface area (Å²) in [5, 5.41) is 2.16. The lowest BCUT2D eigenvalue weighted by atomic mass is 10.2. The number of aromatic nitrogens is 3. The average Bonchev–Trinajstić information content (AvgIpc) is 2.97. The van der Waals surface area contributed by atoms with Gasteiger partial charge in [0, 0.05) is 32.4 Å². The third-order valence-corrected chi connectivity index (χ3v) is 5.15. The van der Waals surface area contributed by atoms with Crippen LogP contribution in [-0.4, -0.2) is 41.1 Å². The molecule has 0 N–H and O–H groups in total. The van der Waals surface area contributed by atoms with Gasteiger partial charge in [0.05, 0.1) is 10.2 Å². The number of hydrogen-bond donors (Lipinski definition) is 0. The van der Waals surface area contributed by atoms with Gasteiger partial charge in [0.15, 0.2) is 0 Å². The molecule has 0 spiro atoms. The molecule has 0 radical (unpaired) electrons. The smallest absolute Gasteiger partial charge is 0.150 e. The quantitative estimate of drug-likeness (QED) is 0.728. The molecule has 1 saturated heterocycles. The number of anilines is 2. The van der Waals surface area contributed by atoms with E-state index in [4.69, 9.17) is 0 Å². The van der Waals surface area contributed by atoms with E-state index in [0.717, 1.165) is 43.3 Å². The van der Waals surface area contributed by atoms with E-state index in [1.807, 2.05) is 18.3 Å². The van der Waals surface area contributed by atoms with Crippen molar-refractivity contribution in [1.82, 2.24) is 15.0 Å². The van der Waals surface area contributed by atoms with Crippen LogP contribution in [0, 0.1) is 6.92 Å². The first kappa shape index (κ1) is 13.5. The first-order valence-corrected chi connectivity index (χ1v) is 8.30. The van der Waals surface area contributed by atoms with E-state index >= 15 is 0 Å². The summed E-state index contributed by atoms with van der Waals surface area (Å²) in [7, 11) is 0. The molecule has 0 unspecified atom stereocenters. The highest BCUT2D eigenvalue weighted by atomic mass is 32.1. The number of pyridine rings is 1. The second-order valence-electron chi connectivity index (χ2n) is 5.46. The van der Waals surface area contributed by atoms with Crippen molar-refractivity contribution in [2.24, 2.45) is 0 Å². The zero-order chi connectivity index (χ0) is 14.9. The summed E-state index contributed by atoms with van der Waals surface area (Å²) in [5.74, 6) is 2.13. The van der Waals surface area contributed by atoms with E-state index in [2.05, 4.69) is 43.1 Å². The van der Waals surface area contributed by atoms with Gasteiger partial charge < -0.3 is 9.80 Å². The SMILES string of the molecule is Cc1csc2c(N3CCN(c4ccccn4)CC3)ncnc12. The molecule has 0 amide bonds. The zero-order valence-corrected chi connectivity index (χ0v) is 13.3. The number of rotatable bonds is 2. The van der Waals surface area contributed by atoms with Gasteiger partial charge in [-0.1, -0.05) is 6.07 Å². The van der Waals surface area contributed by atoms with Crippen molar-refractivity contribution in [3.05, 3.63) is 41.7 Å². The van der Waals surface area contributed by atoms with Crippen molar-refractivity contribution in [2.75, 3.05) is 36.0 Å². The first-order valence-electron chi connectivity index (χ1n) is 7.42. The predicted molar refractivity (Wildman–Crippen MR) is 90.8 cm³/mol. The van der Waals surface area contributed by atoms with Crippen LogP contribution in [0.1, 0.15) is 5.56 Å². The Morgan fingerprint density at radius 3 is 2.59 bits per heavy atom. The van der Waals surface area contributed by atoms with Crippen LogP contribution < -0.4 is 9.80 Å². The number of fused-ring (bicyclic) bond motifs is 1. The lowest BCUT2D eigenvalue weighted by molar-refractivity contribution is 0.643. The van der Waals surface area contributed by atoms with Crippen molar-refractivity contribution in [3.63, 3.8) is 0 Å². The minimum Gasteiger partial charge on any atom is -0.353 e. The van der Waals surface area contributed by atoms with Crippen LogP contribution in [0.4, 0.5) is 11.6 Å². The van der Waals surface area contributed by atoms with Crippen molar-refractivity contribution in [3.8, 4) is 0 Å². The molecular weight excluding hydrogens is 294 g/mol. The predicted octanol–water partition coefficient (Wildman–Crippen LogP) is 2.72. The standard InChI is InChI=1S/C16H17N5S/c1-12-10-22-15-14(12)18-11-19-16(15)21-8-6-20(7-9-21)13-4-2-3-5-17-13/h2-5,10-11H,6-9H2,1H3. The maximum Gasteiger partial charge on any atom is 0.150 e. The van der Waals surface area contributed by atoms with Gasteiger partial charge in [0.2, 0.25) is 0 Å². The number of nitrogens with zero attached hydrogens (tertiary/aromatic N) is 5. The molecule has 5 nitrogen and oxygen atoms in total. The molecule has 22 heavy (non-hydrogen) atoms. The van der Waals surface area contributed by atoms with Gasteiger partial charge in [-0.15, -0.1) is 11.3 Å². The summed E-state index contributed by atoms with van der Waals surface area (Å²) in [4.78, 5) is 18.1. The molecule has 1 aliphatic rings. The molecule has 0 bridgehead atoms. The highest BCUT2D eigenvalue weighted by molar-refractivity contribution is 7.18. The average molecular weight is 311 g/mol. The van der Waals surface area contributed by atoms with Crippen LogP contribution in [0.3, 0.4) is 0 Å². The van der Waals surface area contributed by atoms with Crippen LogP contribution >= 0.6 is 11.3 Å². The lowest BCUT2D eigenvalue weighted by Crippen LogP contribution is -2.47. The maximum absolute atomic E-state index is 4.53. The molecule has 1 aliphatic heterocycles. The second kappa shape index (κ2) is 5.53. The van der Waals surface area contributed by atoms with Crippen LogP contribution in [0.15, 0.2) is 36.1 Å². The minimum absolute atomic E-state index is 0.958. The molecule has 0 aliphatic carbocycles. The van der Waals surface area contributed by atoms with E-state index < -0.39 is 0 Å². The molecule has 112 valence electrons. The zero-order valence-electron chi connectivity index (χ0n) is 12.4. The Labute approximate surface area is 133 Å². The Morgan fingerprint density at radius 1 is 1.00 bits per heavy atom. The second-order valence-corrected chi connectivity index (χ2v) is 6.34. The Morgan fingerprint density at radius 2 is 1.82 bits per heavy atom. The van der Waals surface area contributed by atoms with Gasteiger partial charge in [0.1, 0.15) is 18.0 Å². The monoisotopic (exact) mass is 311 g/mol. The first-order chi connectivity index (χ1) is 10.8. The van der Waals surface area contributed by atoms with Gasteiger partial charge in [-0.2, -0.15) is 0 Å². The number of hydrogen-bond acceptors (Lipinski definition) is 6. The molecule has 4 rings (SSSR count). The normalized spacial score (nSPS) is 15.5. The van der Waals surface area contributed by atoms with Crippen molar-refractivity contribution in [1.29, 1.82) is 0 Å². The van der Waals surface area contributed by atoms with Gasteiger partial charge in [0.25, 0.3) is 0 Å². The molecule has 1 fully saturated rings. The van der Waals surface area contributed by atoms with Crippen LogP contribution in [0.2, 0.25) is 0 Å². The van der Waals surface area contributed by atoms with Gasteiger partial charge in [-0.3, -0.25) is 0 Å². The Hall–Kier alpha value is -2.21. The highest BCUT2D eigenvalue weighted by Gasteiger charge is 2.21. The Balaban J connectivity index is 1.56. The summed E-state index contributed by atoms with van der Waals surface area (Å²) >= 11 is 1.74. The van der Waals surface area contributed by atoms with Gasteiger partial charge in [-0.05, 0) is 30.0 Å². The summed E-state index contributed by atoms with van der Waals surface area (Å²) in [6, 6.07) is 6.06. The fraction of sp³-hybridized carbons (Fsp3) is 0.312. The molecule has 6 heteroatoms. The molecule has 0 aromatic carbocycles. The van der Waals surface area contributed by atoms with E-state index in [1.165, 1.54) is 10.3 Å². The summed E-state index contributed by atoms with van der Waals surface area (Å²) < 4.78 is 1.20. The Bertz CT molecular complexity index is 778. The molecular formula is C16H17N5S. The number of aryl methyl sites for hydroxylation is 1. The fourth-order valence-corrected chi connectivity index (χ4v) is 3.89. The highest BCUT2D eigenvalue weighted by Crippen LogP contribution is 2.31. The van der Waals surface area contributed by atoms with E-state index in [1.54, 1.807) is 17.7 Å². The van der Waals surface area contributed by atoms with Crippen molar-refractivity contribution in [2.45, 2.75) is 6.92 Å². The van der Waals surface area contributed by atoms with Crippen molar-refractivity contribution >= 4 is 33.2 Å². The molecule has 0 atom stereocenters. The van der Waals surface area contributed by atoms with Crippen molar-refractivity contribution < 1.29 is 0 Å². The minimum atomic E-state index is 0.958. The largest absolute Gasteiger partial charge is 0.353 e. The Kier molecular flexibility index (Phi) is 3.38. The third kappa shape index (κ3) is 2.29. The lowest BCUT2D eigenvalue weighted by Gasteiger charge is -2.36. The number of thiophene rings is 1. The molecule has 3 aromatic heterocycles. The molecule has 4 heterocycles. The molecule has 0 saturated carbocycles. The summed E-state index contributed by atoms with van der Waals surface area (Å²) in [5.41, 5.74) is 2.32. The summed E-state index contributed by atoms with van der Waals surface area (Å²) in [6.07, 6.45) is 3.53. The summed E-state index contributed by atoms with van der Waals surface area (Å²) in [6.45, 7) is 5.95. The fourth-order valence-electron chi connectivity index (χ4n) is 2.87. The number of piperazine rings is 1. The van der Waals surface area contributed by atoms with Crippen LogP contribution in [0.5, 0.6) is 0 Å². The van der Waals surface area contributed by atoms with E-state index in [0.29, 0.717) is 0 Å². The van der Waals surface area contributed by atoms with Gasteiger partial charge >= 0.3 is 0 Å². The van der Waals surface area contributed by atoms with E-state index in [9.17, 15) is 0 Å². The molecule has 3 aromatic rings. The third-order valence-electron chi connectivity index (χ3n) is 4.06. The van der Waals surface area contributed by atoms with Crippen LogP contribution in [-0.2, 0) is 0 Å². The van der Waals surface area contributed by atoms with Gasteiger partial charge in [-0.25, -0.2) is 15.0 Å². The topological polar surface area (TPSA) is 45.2 Å². The maximum atomic E-state index is 4.53. The van der Waals surface area contributed by atoms with Crippen LogP contribution in [0.25, 0.3) is 10.2 Å². The van der Waals surface area contributed by atoms with E-state index in [-0.39, 0.29) is 0 Å².